The molecule has 0 saturated carbocycles. The molecule has 6 rings (SSSR count). The summed E-state index contributed by atoms with van der Waals surface area (Å²) in [5.74, 6) is -7.49. The Morgan fingerprint density at radius 2 is 0.782 bits per heavy atom. The van der Waals surface area contributed by atoms with E-state index < -0.39 is 272 Å². The van der Waals surface area contributed by atoms with Crippen molar-refractivity contribution in [2.75, 3.05) is 46.2 Å². The van der Waals surface area contributed by atoms with Crippen molar-refractivity contribution < 1.29 is 178 Å². The third-order valence-electron chi connectivity index (χ3n) is 24.2. The molecule has 6 fully saturated rings. The van der Waals surface area contributed by atoms with Gasteiger partial charge in [-0.05, 0) is 19.3 Å². The highest BCUT2D eigenvalue weighted by Crippen LogP contribution is 2.41. The molecule has 33 atom stereocenters. The summed E-state index contributed by atoms with van der Waals surface area (Å²) in [6.45, 7) is -0.643. The van der Waals surface area contributed by atoms with E-state index in [1.54, 1.807) is 6.08 Å². The van der Waals surface area contributed by atoms with Gasteiger partial charge in [-0.25, -0.2) is 4.79 Å². The molecule has 124 heavy (non-hydrogen) atoms. The van der Waals surface area contributed by atoms with Crippen LogP contribution in [0.25, 0.3) is 0 Å². The van der Waals surface area contributed by atoms with Crippen LogP contribution in [0.5, 0.6) is 0 Å². The first kappa shape index (κ1) is 109. The summed E-state index contributed by atoms with van der Waals surface area (Å²) in [5, 5.41) is 231. The lowest BCUT2D eigenvalue weighted by atomic mass is 9.88. The zero-order chi connectivity index (χ0) is 91.0. The second-order valence-corrected chi connectivity index (χ2v) is 34.2. The van der Waals surface area contributed by atoms with E-state index in [0.29, 0.717) is 12.8 Å². The van der Waals surface area contributed by atoms with E-state index >= 15 is 0 Å². The minimum absolute atomic E-state index is 0.168. The fourth-order valence-corrected chi connectivity index (χ4v) is 16.9. The van der Waals surface area contributed by atoms with E-state index in [2.05, 4.69) is 29.8 Å². The predicted octanol–water partition coefficient (Wildman–Crippen LogP) is -0.878. The normalized spacial score (nSPS) is 35.2. The number of hydrogen-bond acceptors (Lipinski definition) is 35. The molecule has 0 aromatic heterocycles. The zero-order valence-corrected chi connectivity index (χ0v) is 72.8. The molecule has 3 amide bonds. The van der Waals surface area contributed by atoms with Crippen LogP contribution in [0.4, 0.5) is 0 Å². The van der Waals surface area contributed by atoms with Crippen LogP contribution < -0.4 is 16.0 Å². The first-order chi connectivity index (χ1) is 59.5. The number of allylic oxidation sites excluding steroid dienone is 1. The molecule has 0 radical (unpaired) electrons. The Hall–Kier alpha value is -3.62. The molecule has 0 bridgehead atoms. The average molecular weight is 1790 g/mol. The number of aliphatic hydroxyl groups is 19. The number of carboxylic acids is 1. The zero-order valence-electron chi connectivity index (χ0n) is 72.8. The number of carboxylic acid groups (broad SMARTS) is 1. The average Bonchev–Trinajstić information content (AvgIpc) is 0.770. The molecule has 23 N–H and O–H groups in total. The molecule has 6 saturated heterocycles. The van der Waals surface area contributed by atoms with E-state index in [-0.39, 0.29) is 12.3 Å². The molecular weight excluding hydrogens is 1640 g/mol. The maximum Gasteiger partial charge on any atom is 0.364 e. The number of hydrogen-bond donors (Lipinski definition) is 23. The summed E-state index contributed by atoms with van der Waals surface area (Å²) in [6, 6.07) is -4.72. The van der Waals surface area contributed by atoms with Crippen molar-refractivity contribution in [3.05, 3.63) is 12.2 Å². The van der Waals surface area contributed by atoms with Gasteiger partial charge in [0, 0.05) is 26.7 Å². The maximum atomic E-state index is 13.6. The highest BCUT2D eigenvalue weighted by molar-refractivity contribution is 5.77. The summed E-state index contributed by atoms with van der Waals surface area (Å²) in [4.78, 5) is 52.1. The largest absolute Gasteiger partial charge is 0.477 e. The van der Waals surface area contributed by atoms with Crippen molar-refractivity contribution in [1.29, 1.82) is 0 Å². The van der Waals surface area contributed by atoms with Crippen molar-refractivity contribution in [3.63, 3.8) is 0 Å². The van der Waals surface area contributed by atoms with Crippen LogP contribution >= 0.6 is 0 Å². The van der Waals surface area contributed by atoms with Crippen LogP contribution in [0.15, 0.2) is 12.2 Å². The molecular formula is C85H153N3O36. The van der Waals surface area contributed by atoms with Crippen LogP contribution in [0, 0.1) is 0 Å². The second-order valence-electron chi connectivity index (χ2n) is 34.2. The standard InChI is InChI=1S/C85H153N3O36/c1-5-7-9-11-13-15-17-19-20-21-22-23-24-25-26-28-30-32-34-36-38-40-60(100)88-51(52(97)39-37-35-33-31-29-27-18-16-14-12-10-8-6-2)48-113-80-69(107)67(105)73(58(46-93)117-80)119-81-70(108)68(106)74(59(47-94)118-81)120-82-71(109)77(65(103)56(44-91)115-82)122-79-62(87-50(4)96)75(64(102)55(43-90)114-79)121-83-72(110)78(66(104)57(45-92)116-83)124-85(84(111)112)41-53(98)61(86-49(3)95)76(123-85)63(101)54(99)42-89/h37,39,51-59,61-83,89-94,97-99,101-110H,5-36,38,40-48H2,1-4H3,(H,86,95)(H,87,96)(H,88,100)(H,111,112)/b39-37+/t51-,52+,53?,54+,55?,56?,57?,58?,59?,61+,62?,63+,64-,65-,66-,67+,68+,69?,70?,71?,72?,73+,74-,75+,76?,77-,78-,79-,80+,81-,82-,83-,85-/m0/s1. The quantitative estimate of drug-likeness (QED) is 0.0260. The number of carbonyl (C=O) groups is 4. The van der Waals surface area contributed by atoms with Crippen LogP contribution in [-0.2, 0) is 76.0 Å². The molecule has 724 valence electrons. The van der Waals surface area contributed by atoms with Gasteiger partial charge in [-0.15, -0.1) is 0 Å². The summed E-state index contributed by atoms with van der Waals surface area (Å²) >= 11 is 0. The molecule has 6 aliphatic rings. The smallest absolute Gasteiger partial charge is 0.364 e. The minimum Gasteiger partial charge on any atom is -0.477 e. The Morgan fingerprint density at radius 1 is 0.419 bits per heavy atom. The van der Waals surface area contributed by atoms with Gasteiger partial charge in [0.15, 0.2) is 31.5 Å². The lowest BCUT2D eigenvalue weighted by Gasteiger charge is -2.51. The molecule has 0 aliphatic carbocycles. The van der Waals surface area contributed by atoms with Gasteiger partial charge in [-0.3, -0.25) is 14.4 Å². The van der Waals surface area contributed by atoms with Gasteiger partial charge in [0.1, 0.15) is 140 Å². The first-order valence-electron chi connectivity index (χ1n) is 45.6. The SMILES string of the molecule is CCCCCCCCCCCCC/C=C/[C@@H](O)[C@H](CO[C@@H]1OC(CO)[C@@H](O[C@@H]2OC(CO)[C@H](O[C@@H]3OC(CO)[C@H](O)[C@H](O[C@@H]4OC(CO)[C@H](O)[C@H](O[C@@H]5OC(CO)[C@H](O)[C@H](O[C@]6(C(=O)O)CC(O)[C@@H](NC(C)=O)C([C@H](O)[C@H](O)CO)O6)C5O)C4NC(C)=O)C3O)[C@H](O)C2O)[C@H](O)C1O)NC(=O)CCCCCCCCCCCCCCCCCCCCCCC. The van der Waals surface area contributed by atoms with E-state index in [0.717, 1.165) is 65.2 Å². The van der Waals surface area contributed by atoms with Crippen molar-refractivity contribution >= 4 is 23.7 Å². The summed E-state index contributed by atoms with van der Waals surface area (Å²) in [5.41, 5.74) is 0. The molecule has 6 aliphatic heterocycles. The monoisotopic (exact) mass is 1790 g/mol. The predicted molar refractivity (Wildman–Crippen MR) is 439 cm³/mol. The van der Waals surface area contributed by atoms with Crippen LogP contribution in [0.3, 0.4) is 0 Å². The third-order valence-corrected chi connectivity index (χ3v) is 24.2. The number of nitrogens with one attached hydrogen (secondary N) is 3. The fourth-order valence-electron chi connectivity index (χ4n) is 16.9. The molecule has 6 heterocycles. The molecule has 39 heteroatoms. The van der Waals surface area contributed by atoms with Crippen molar-refractivity contribution in [2.45, 2.75) is 454 Å². The molecule has 39 nitrogen and oxygen atoms in total. The highest BCUT2D eigenvalue weighted by atomic mass is 16.8. The Balaban J connectivity index is 1.07. The van der Waals surface area contributed by atoms with Crippen molar-refractivity contribution in [2.24, 2.45) is 0 Å². The van der Waals surface area contributed by atoms with Crippen LogP contribution in [0.1, 0.15) is 252 Å². The summed E-state index contributed by atoms with van der Waals surface area (Å²) in [6.07, 6.45) is -18.0. The van der Waals surface area contributed by atoms with Gasteiger partial charge in [0.05, 0.1) is 70.5 Å². The molecule has 12 unspecified atom stereocenters. The molecule has 0 spiro atoms. The number of aliphatic carboxylic acids is 1. The van der Waals surface area contributed by atoms with E-state index in [1.165, 1.54) is 148 Å². The lowest BCUT2D eigenvalue weighted by molar-refractivity contribution is -0.392. The number of rotatable bonds is 61. The van der Waals surface area contributed by atoms with Gasteiger partial charge in [0.25, 0.3) is 5.79 Å². The van der Waals surface area contributed by atoms with Gasteiger partial charge < -0.3 is 175 Å². The number of carbonyl (C=O) groups excluding carboxylic acids is 3. The fraction of sp³-hybridized carbons (Fsp3) is 0.929. The van der Waals surface area contributed by atoms with Crippen LogP contribution in [0.2, 0.25) is 0 Å². The van der Waals surface area contributed by atoms with E-state index in [9.17, 15) is 121 Å². The van der Waals surface area contributed by atoms with Gasteiger partial charge >= 0.3 is 5.97 Å². The summed E-state index contributed by atoms with van der Waals surface area (Å²) < 4.78 is 70.6. The maximum absolute atomic E-state index is 13.6. The molecule has 0 aromatic carbocycles. The topological polar surface area (TPSA) is 620 Å². The van der Waals surface area contributed by atoms with E-state index in [4.69, 9.17) is 56.8 Å². The Morgan fingerprint density at radius 3 is 1.22 bits per heavy atom. The lowest BCUT2D eigenvalue weighted by Crippen LogP contribution is -2.71. The van der Waals surface area contributed by atoms with Crippen molar-refractivity contribution in [1.82, 2.24) is 16.0 Å². The van der Waals surface area contributed by atoms with Crippen molar-refractivity contribution in [3.8, 4) is 0 Å². The number of ether oxygens (including phenoxy) is 12. The second kappa shape index (κ2) is 58.3. The summed E-state index contributed by atoms with van der Waals surface area (Å²) in [7, 11) is 0. The number of aliphatic hydroxyl groups excluding tert-OH is 19. The number of unbranched alkanes of at least 4 members (excludes halogenated alkanes) is 31. The van der Waals surface area contributed by atoms with Gasteiger partial charge in [-0.2, -0.15) is 0 Å². The Bertz CT molecular complexity index is 2940. The Kier molecular flexibility index (Phi) is 51.3. The first-order valence-corrected chi connectivity index (χ1v) is 45.6. The van der Waals surface area contributed by atoms with E-state index in [1.807, 2.05) is 6.08 Å². The Labute approximate surface area is 727 Å². The highest BCUT2D eigenvalue weighted by Gasteiger charge is 2.62. The van der Waals surface area contributed by atoms with Gasteiger partial charge in [0.2, 0.25) is 17.7 Å². The third kappa shape index (κ3) is 33.6. The van der Waals surface area contributed by atoms with Gasteiger partial charge in [-0.1, -0.05) is 219 Å². The minimum atomic E-state index is -3.25. The molecule has 0 aromatic rings. The van der Waals surface area contributed by atoms with Crippen LogP contribution in [-0.4, -0.2) is 374 Å². The number of amides is 3.